The first-order valence-corrected chi connectivity index (χ1v) is 7.35. The van der Waals surface area contributed by atoms with E-state index in [4.69, 9.17) is 4.74 Å². The minimum Gasteiger partial charge on any atom is -0.387 e. The Morgan fingerprint density at radius 2 is 2.24 bits per heavy atom. The predicted molar refractivity (Wildman–Crippen MR) is 81.5 cm³/mol. The van der Waals surface area contributed by atoms with Crippen LogP contribution in [0.4, 0.5) is 5.82 Å². The maximum atomic E-state index is 11.2. The van der Waals surface area contributed by atoms with Crippen LogP contribution in [-0.4, -0.2) is 40.7 Å². The Balaban J connectivity index is 1.95. The minimum atomic E-state index is -0.812. The molecule has 0 aromatic carbocycles. The highest BCUT2D eigenvalue weighted by atomic mass is 16.5. The van der Waals surface area contributed by atoms with E-state index in [0.29, 0.717) is 31.0 Å². The van der Waals surface area contributed by atoms with Crippen LogP contribution in [0.3, 0.4) is 0 Å². The van der Waals surface area contributed by atoms with Gasteiger partial charge in [0.1, 0.15) is 5.82 Å². The van der Waals surface area contributed by atoms with Crippen molar-refractivity contribution in [2.75, 3.05) is 18.5 Å². The quantitative estimate of drug-likeness (QED) is 0.787. The van der Waals surface area contributed by atoms with E-state index in [1.54, 1.807) is 18.3 Å². The molecule has 5 heteroatoms. The number of hydrogen-bond acceptors (Lipinski definition) is 5. The van der Waals surface area contributed by atoms with Gasteiger partial charge >= 0.3 is 0 Å². The lowest BCUT2D eigenvalue weighted by atomic mass is 9.56. The van der Waals surface area contributed by atoms with Crippen LogP contribution < -0.4 is 5.32 Å². The Kier molecular flexibility index (Phi) is 4.35. The molecular weight excluding hydrogens is 268 g/mol. The van der Waals surface area contributed by atoms with Crippen LogP contribution in [0.25, 0.3) is 0 Å². The van der Waals surface area contributed by atoms with E-state index >= 15 is 0 Å². The lowest BCUT2D eigenvalue weighted by molar-refractivity contribution is -0.233. The standard InChI is InChI=1S/C16H24N2O3/c1-5-21-13-8-16(20,15(13,3)4)10-18-14-7-6-12(9-17-14)11(2)19/h6-7,9,13,20H,5,8,10H2,1-4H3,(H,17,18)/t13-,16+/m1/s1. The average Bonchev–Trinajstić information content (AvgIpc) is 2.45. The Morgan fingerprint density at radius 1 is 1.52 bits per heavy atom. The van der Waals surface area contributed by atoms with Crippen molar-refractivity contribution in [1.82, 2.24) is 4.98 Å². The van der Waals surface area contributed by atoms with E-state index in [9.17, 15) is 9.90 Å². The van der Waals surface area contributed by atoms with Gasteiger partial charge in [0.2, 0.25) is 0 Å². The number of carbonyl (C=O) groups excluding carboxylic acids is 1. The predicted octanol–water partition coefficient (Wildman–Crippen LogP) is 2.26. The number of aliphatic hydroxyl groups is 1. The second-order valence-corrected chi connectivity index (χ2v) is 6.24. The number of nitrogens with one attached hydrogen (secondary N) is 1. The van der Waals surface area contributed by atoms with E-state index in [1.807, 2.05) is 20.8 Å². The largest absolute Gasteiger partial charge is 0.387 e. The van der Waals surface area contributed by atoms with Gasteiger partial charge in [0.15, 0.2) is 5.78 Å². The summed E-state index contributed by atoms with van der Waals surface area (Å²) in [6, 6.07) is 3.49. The van der Waals surface area contributed by atoms with Crippen molar-refractivity contribution < 1.29 is 14.6 Å². The van der Waals surface area contributed by atoms with Crippen LogP contribution in [-0.2, 0) is 4.74 Å². The van der Waals surface area contributed by atoms with Crippen molar-refractivity contribution in [3.8, 4) is 0 Å². The van der Waals surface area contributed by atoms with Gasteiger partial charge in [0, 0.05) is 36.7 Å². The molecule has 21 heavy (non-hydrogen) atoms. The first kappa shape index (κ1) is 15.9. The lowest BCUT2D eigenvalue weighted by Gasteiger charge is -2.58. The molecule has 1 aromatic rings. The molecule has 5 nitrogen and oxygen atoms in total. The zero-order valence-electron chi connectivity index (χ0n) is 13.1. The fourth-order valence-corrected chi connectivity index (χ4v) is 2.71. The van der Waals surface area contributed by atoms with Crippen molar-refractivity contribution in [2.45, 2.75) is 45.8 Å². The zero-order valence-corrected chi connectivity index (χ0v) is 13.1. The van der Waals surface area contributed by atoms with E-state index in [2.05, 4.69) is 10.3 Å². The number of Topliss-reactive ketones (excluding diaryl/α,β-unsaturated/α-hetero) is 1. The van der Waals surface area contributed by atoms with Crippen molar-refractivity contribution in [3.05, 3.63) is 23.9 Å². The smallest absolute Gasteiger partial charge is 0.161 e. The molecule has 0 bridgehead atoms. The molecule has 0 saturated heterocycles. The maximum Gasteiger partial charge on any atom is 0.161 e. The number of aromatic nitrogens is 1. The van der Waals surface area contributed by atoms with Gasteiger partial charge in [-0.15, -0.1) is 0 Å². The number of hydrogen-bond donors (Lipinski definition) is 2. The Bertz CT molecular complexity index is 513. The highest BCUT2D eigenvalue weighted by molar-refractivity contribution is 5.93. The van der Waals surface area contributed by atoms with Crippen LogP contribution in [0.1, 0.15) is 44.5 Å². The summed E-state index contributed by atoms with van der Waals surface area (Å²) in [6.45, 7) is 8.58. The maximum absolute atomic E-state index is 11.2. The molecule has 0 radical (unpaired) electrons. The van der Waals surface area contributed by atoms with E-state index in [1.165, 1.54) is 6.92 Å². The highest BCUT2D eigenvalue weighted by Gasteiger charge is 2.59. The van der Waals surface area contributed by atoms with E-state index < -0.39 is 5.60 Å². The number of carbonyl (C=O) groups is 1. The summed E-state index contributed by atoms with van der Waals surface area (Å²) in [5, 5.41) is 13.9. The van der Waals surface area contributed by atoms with Crippen LogP contribution in [0, 0.1) is 5.41 Å². The summed E-state index contributed by atoms with van der Waals surface area (Å²) in [5.74, 6) is 0.649. The van der Waals surface area contributed by atoms with E-state index in [-0.39, 0.29) is 17.3 Å². The van der Waals surface area contributed by atoms with Crippen molar-refractivity contribution >= 4 is 11.6 Å². The van der Waals surface area contributed by atoms with Crippen molar-refractivity contribution in [1.29, 1.82) is 0 Å². The van der Waals surface area contributed by atoms with E-state index in [0.717, 1.165) is 0 Å². The number of nitrogens with zero attached hydrogens (tertiary/aromatic N) is 1. The summed E-state index contributed by atoms with van der Waals surface area (Å²) < 4.78 is 5.64. The number of ketones is 1. The number of rotatable bonds is 6. The van der Waals surface area contributed by atoms with Gasteiger partial charge in [-0.1, -0.05) is 13.8 Å². The monoisotopic (exact) mass is 292 g/mol. The summed E-state index contributed by atoms with van der Waals surface area (Å²) in [7, 11) is 0. The third kappa shape index (κ3) is 2.94. The Labute approximate surface area is 125 Å². The van der Waals surface area contributed by atoms with Gasteiger partial charge < -0.3 is 15.2 Å². The number of anilines is 1. The Morgan fingerprint density at radius 3 is 2.71 bits per heavy atom. The van der Waals surface area contributed by atoms with Crippen molar-refractivity contribution in [2.24, 2.45) is 5.41 Å². The third-order valence-corrected chi connectivity index (χ3v) is 4.63. The van der Waals surface area contributed by atoms with Crippen molar-refractivity contribution in [3.63, 3.8) is 0 Å². The molecule has 2 N–H and O–H groups in total. The molecule has 0 unspecified atom stereocenters. The van der Waals surface area contributed by atoms with Gasteiger partial charge in [-0.3, -0.25) is 4.79 Å². The van der Waals surface area contributed by atoms with Crippen LogP contribution in [0.2, 0.25) is 0 Å². The van der Waals surface area contributed by atoms with Gasteiger partial charge in [-0.05, 0) is 26.0 Å². The first-order chi connectivity index (χ1) is 9.80. The third-order valence-electron chi connectivity index (χ3n) is 4.63. The second kappa shape index (κ2) is 5.73. The average molecular weight is 292 g/mol. The molecule has 0 amide bonds. The summed E-state index contributed by atoms with van der Waals surface area (Å²) in [5.41, 5.74) is -0.525. The molecule has 1 saturated carbocycles. The van der Waals surface area contributed by atoms with Gasteiger partial charge in [0.25, 0.3) is 0 Å². The molecule has 2 atom stereocenters. The minimum absolute atomic E-state index is 0.00707. The van der Waals surface area contributed by atoms with Crippen LogP contribution >= 0.6 is 0 Å². The molecule has 1 fully saturated rings. The lowest BCUT2D eigenvalue weighted by Crippen LogP contribution is -2.67. The fraction of sp³-hybridized carbons (Fsp3) is 0.625. The number of ether oxygens (including phenoxy) is 1. The fourth-order valence-electron chi connectivity index (χ4n) is 2.71. The SMILES string of the molecule is CCO[C@@H]1C[C@](O)(CNc2ccc(C(C)=O)cn2)C1(C)C. The number of pyridine rings is 1. The summed E-state index contributed by atoms with van der Waals surface area (Å²) >= 11 is 0. The molecule has 116 valence electrons. The normalized spacial score (nSPS) is 27.0. The second-order valence-electron chi connectivity index (χ2n) is 6.24. The molecule has 1 aliphatic rings. The van der Waals surface area contributed by atoms with Gasteiger partial charge in [-0.25, -0.2) is 4.98 Å². The highest BCUT2D eigenvalue weighted by Crippen LogP contribution is 2.51. The summed E-state index contributed by atoms with van der Waals surface area (Å²) in [6.07, 6.45) is 2.25. The zero-order chi connectivity index (χ0) is 15.7. The van der Waals surface area contributed by atoms with Crippen LogP contribution in [0.15, 0.2) is 18.3 Å². The molecule has 0 aliphatic heterocycles. The molecule has 1 aromatic heterocycles. The first-order valence-electron chi connectivity index (χ1n) is 7.35. The molecule has 1 aliphatic carbocycles. The molecule has 0 spiro atoms. The van der Waals surface area contributed by atoms with Gasteiger partial charge in [0.05, 0.1) is 11.7 Å². The van der Waals surface area contributed by atoms with Gasteiger partial charge in [-0.2, -0.15) is 0 Å². The topological polar surface area (TPSA) is 71.5 Å². The molecular formula is C16H24N2O3. The molecule has 2 rings (SSSR count). The Hall–Kier alpha value is -1.46. The van der Waals surface area contributed by atoms with Crippen LogP contribution in [0.5, 0.6) is 0 Å². The molecule has 1 heterocycles. The summed E-state index contributed by atoms with van der Waals surface area (Å²) in [4.78, 5) is 15.4.